The van der Waals surface area contributed by atoms with Crippen molar-refractivity contribution in [3.05, 3.63) is 0 Å². The average molecular weight is 280 g/mol. The van der Waals surface area contributed by atoms with E-state index in [1.807, 2.05) is 0 Å². The summed E-state index contributed by atoms with van der Waals surface area (Å²) < 4.78 is 5.58. The first-order valence-corrected chi connectivity index (χ1v) is 8.42. The molecule has 1 amide bonds. The zero-order chi connectivity index (χ0) is 14.0. The molecule has 1 aliphatic carbocycles. The van der Waals surface area contributed by atoms with Gasteiger partial charge in [-0.15, -0.1) is 0 Å². The van der Waals surface area contributed by atoms with E-state index in [4.69, 9.17) is 4.74 Å². The predicted molar refractivity (Wildman–Crippen MR) is 78.3 cm³/mol. The molecule has 2 heterocycles. The normalized spacial score (nSPS) is 33.2. The Hall–Kier alpha value is -0.610. The molecule has 2 unspecified atom stereocenters. The van der Waals surface area contributed by atoms with E-state index in [2.05, 4.69) is 17.1 Å². The van der Waals surface area contributed by atoms with Crippen LogP contribution in [0.25, 0.3) is 0 Å². The lowest BCUT2D eigenvalue weighted by atomic mass is 9.97. The predicted octanol–water partition coefficient (Wildman–Crippen LogP) is 2.28. The van der Waals surface area contributed by atoms with Gasteiger partial charge in [-0.25, -0.2) is 0 Å². The Morgan fingerprint density at radius 3 is 2.80 bits per heavy atom. The Morgan fingerprint density at radius 2 is 2.15 bits per heavy atom. The number of hydrogen-bond acceptors (Lipinski definition) is 3. The van der Waals surface area contributed by atoms with Gasteiger partial charge in [-0.05, 0) is 32.1 Å². The lowest BCUT2D eigenvalue weighted by Gasteiger charge is -2.30. The first-order valence-electron chi connectivity index (χ1n) is 8.42. The molecule has 114 valence electrons. The number of hydrogen-bond donors (Lipinski definition) is 1. The van der Waals surface area contributed by atoms with Gasteiger partial charge in [0.1, 0.15) is 0 Å². The first kappa shape index (κ1) is 14.3. The molecule has 1 spiro atoms. The van der Waals surface area contributed by atoms with Crippen LogP contribution in [0.5, 0.6) is 0 Å². The Bertz CT molecular complexity index is 346. The molecule has 0 aromatic rings. The summed E-state index contributed by atoms with van der Waals surface area (Å²) in [5, 5.41) is 3.69. The molecule has 0 aromatic heterocycles. The number of nitrogens with zero attached hydrogens (tertiary/aromatic N) is 1. The first-order chi connectivity index (χ1) is 9.75. The number of nitrogens with one attached hydrogen (secondary N) is 1. The summed E-state index contributed by atoms with van der Waals surface area (Å²) in [5.41, 5.74) is -0.213. The lowest BCUT2D eigenvalue weighted by molar-refractivity contribution is -0.134. The van der Waals surface area contributed by atoms with E-state index >= 15 is 0 Å². The van der Waals surface area contributed by atoms with Gasteiger partial charge in [0.2, 0.25) is 5.91 Å². The Morgan fingerprint density at radius 1 is 1.35 bits per heavy atom. The quantitative estimate of drug-likeness (QED) is 0.859. The molecule has 0 aromatic carbocycles. The fourth-order valence-electron chi connectivity index (χ4n) is 4.15. The number of carbonyl (C=O) groups is 1. The average Bonchev–Trinajstić information content (AvgIpc) is 3.03. The molecule has 2 atom stereocenters. The Balaban J connectivity index is 1.70. The van der Waals surface area contributed by atoms with E-state index < -0.39 is 0 Å². The van der Waals surface area contributed by atoms with Crippen molar-refractivity contribution in [2.24, 2.45) is 5.92 Å². The second-order valence-electron chi connectivity index (χ2n) is 6.78. The SMILES string of the molecule is CCCC1NC2(CCCC2)C(=O)N1CC1CCCOC1. The second-order valence-corrected chi connectivity index (χ2v) is 6.78. The van der Waals surface area contributed by atoms with Crippen LogP contribution in [-0.4, -0.2) is 42.3 Å². The summed E-state index contributed by atoms with van der Waals surface area (Å²) >= 11 is 0. The van der Waals surface area contributed by atoms with Crippen LogP contribution in [0.2, 0.25) is 0 Å². The van der Waals surface area contributed by atoms with Gasteiger partial charge in [0, 0.05) is 19.1 Å². The second kappa shape index (κ2) is 6.02. The summed E-state index contributed by atoms with van der Waals surface area (Å²) in [6.45, 7) is 4.81. The molecule has 1 saturated carbocycles. The van der Waals surface area contributed by atoms with E-state index in [1.54, 1.807) is 0 Å². The van der Waals surface area contributed by atoms with Crippen molar-refractivity contribution in [3.63, 3.8) is 0 Å². The highest BCUT2D eigenvalue weighted by Crippen LogP contribution is 2.37. The maximum absolute atomic E-state index is 12.9. The molecule has 1 N–H and O–H groups in total. The van der Waals surface area contributed by atoms with Gasteiger partial charge in [0.25, 0.3) is 0 Å². The molecule has 4 heteroatoms. The maximum Gasteiger partial charge on any atom is 0.244 e. The highest BCUT2D eigenvalue weighted by Gasteiger charge is 2.52. The minimum Gasteiger partial charge on any atom is -0.381 e. The van der Waals surface area contributed by atoms with Crippen molar-refractivity contribution in [3.8, 4) is 0 Å². The number of carbonyl (C=O) groups excluding carboxylic acids is 1. The van der Waals surface area contributed by atoms with Gasteiger partial charge in [0.05, 0.1) is 18.3 Å². The molecular weight excluding hydrogens is 252 g/mol. The molecule has 3 fully saturated rings. The minimum absolute atomic E-state index is 0.213. The van der Waals surface area contributed by atoms with Crippen LogP contribution in [0, 0.1) is 5.92 Å². The van der Waals surface area contributed by atoms with Crippen LogP contribution in [0.3, 0.4) is 0 Å². The van der Waals surface area contributed by atoms with E-state index in [9.17, 15) is 4.79 Å². The molecule has 2 aliphatic heterocycles. The van der Waals surface area contributed by atoms with Gasteiger partial charge < -0.3 is 9.64 Å². The molecule has 2 saturated heterocycles. The van der Waals surface area contributed by atoms with E-state index in [-0.39, 0.29) is 11.7 Å². The van der Waals surface area contributed by atoms with Crippen molar-refractivity contribution in [2.45, 2.75) is 70.0 Å². The van der Waals surface area contributed by atoms with Crippen molar-refractivity contribution >= 4 is 5.91 Å². The van der Waals surface area contributed by atoms with Gasteiger partial charge in [-0.2, -0.15) is 0 Å². The summed E-state index contributed by atoms with van der Waals surface area (Å²) in [7, 11) is 0. The van der Waals surface area contributed by atoms with Gasteiger partial charge in [-0.1, -0.05) is 26.2 Å². The maximum atomic E-state index is 12.9. The van der Waals surface area contributed by atoms with Crippen molar-refractivity contribution < 1.29 is 9.53 Å². The van der Waals surface area contributed by atoms with E-state index in [1.165, 1.54) is 19.3 Å². The van der Waals surface area contributed by atoms with Crippen molar-refractivity contribution in [1.82, 2.24) is 10.2 Å². The van der Waals surface area contributed by atoms with E-state index in [0.29, 0.717) is 11.8 Å². The molecular formula is C16H28N2O2. The van der Waals surface area contributed by atoms with Gasteiger partial charge in [0.15, 0.2) is 0 Å². The molecule has 0 bridgehead atoms. The highest BCUT2D eigenvalue weighted by atomic mass is 16.5. The standard InChI is InChI=1S/C16H28N2O2/c1-2-6-14-17-16(8-3-4-9-16)15(19)18(14)11-13-7-5-10-20-12-13/h13-14,17H,2-12H2,1H3. The zero-order valence-electron chi connectivity index (χ0n) is 12.7. The van der Waals surface area contributed by atoms with Crippen LogP contribution in [0.1, 0.15) is 58.3 Å². The van der Waals surface area contributed by atoms with Crippen LogP contribution in [0.4, 0.5) is 0 Å². The van der Waals surface area contributed by atoms with Crippen molar-refractivity contribution in [1.29, 1.82) is 0 Å². The van der Waals surface area contributed by atoms with Crippen LogP contribution in [0.15, 0.2) is 0 Å². The van der Waals surface area contributed by atoms with Gasteiger partial charge >= 0.3 is 0 Å². The monoisotopic (exact) mass is 280 g/mol. The van der Waals surface area contributed by atoms with Crippen LogP contribution < -0.4 is 5.32 Å². The Kier molecular flexibility index (Phi) is 4.32. The third-order valence-electron chi connectivity index (χ3n) is 5.22. The summed E-state index contributed by atoms with van der Waals surface area (Å²) in [6, 6.07) is 0. The number of amides is 1. The molecule has 4 nitrogen and oxygen atoms in total. The largest absolute Gasteiger partial charge is 0.381 e. The third kappa shape index (κ3) is 2.60. The highest BCUT2D eigenvalue weighted by molar-refractivity contribution is 5.89. The molecule has 3 aliphatic rings. The number of ether oxygens (including phenoxy) is 1. The summed E-state index contributed by atoms with van der Waals surface area (Å²) in [6.07, 6.45) is 9.25. The third-order valence-corrected chi connectivity index (χ3v) is 5.22. The van der Waals surface area contributed by atoms with Crippen LogP contribution >= 0.6 is 0 Å². The fourth-order valence-corrected chi connectivity index (χ4v) is 4.15. The summed E-state index contributed by atoms with van der Waals surface area (Å²) in [4.78, 5) is 15.1. The minimum atomic E-state index is -0.213. The van der Waals surface area contributed by atoms with Crippen molar-refractivity contribution in [2.75, 3.05) is 19.8 Å². The molecule has 20 heavy (non-hydrogen) atoms. The van der Waals surface area contributed by atoms with Crippen LogP contribution in [-0.2, 0) is 9.53 Å². The Labute approximate surface area is 122 Å². The summed E-state index contributed by atoms with van der Waals surface area (Å²) in [5.74, 6) is 0.907. The zero-order valence-corrected chi connectivity index (χ0v) is 12.7. The van der Waals surface area contributed by atoms with E-state index in [0.717, 1.165) is 51.9 Å². The topological polar surface area (TPSA) is 41.6 Å². The lowest BCUT2D eigenvalue weighted by Crippen LogP contribution is -2.44. The smallest absolute Gasteiger partial charge is 0.244 e. The molecule has 0 radical (unpaired) electrons. The number of rotatable bonds is 4. The molecule has 3 rings (SSSR count). The van der Waals surface area contributed by atoms with Gasteiger partial charge in [-0.3, -0.25) is 10.1 Å². The fraction of sp³-hybridized carbons (Fsp3) is 0.938.